The lowest BCUT2D eigenvalue weighted by atomic mass is 9.99. The number of anilines is 3. The number of hydrogen-bond acceptors (Lipinski definition) is 8. The predicted molar refractivity (Wildman–Crippen MR) is 119 cm³/mol. The van der Waals surface area contributed by atoms with E-state index in [0.29, 0.717) is 47.4 Å². The van der Waals surface area contributed by atoms with Gasteiger partial charge < -0.3 is 20.7 Å². The van der Waals surface area contributed by atoms with Gasteiger partial charge in [-0.15, -0.1) is 11.8 Å². The van der Waals surface area contributed by atoms with Crippen LogP contribution in [0.2, 0.25) is 0 Å². The summed E-state index contributed by atoms with van der Waals surface area (Å²) in [6.07, 6.45) is 3.52. The number of ether oxygens (including phenoxy) is 1. The van der Waals surface area contributed by atoms with E-state index in [1.165, 1.54) is 11.8 Å². The zero-order valence-electron chi connectivity index (χ0n) is 17.3. The third kappa shape index (κ3) is 6.06. The molecule has 1 saturated heterocycles. The summed E-state index contributed by atoms with van der Waals surface area (Å²) in [5.41, 5.74) is 7.18. The summed E-state index contributed by atoms with van der Waals surface area (Å²) < 4.78 is 18.4. The van der Waals surface area contributed by atoms with E-state index in [2.05, 4.69) is 21.4 Å². The van der Waals surface area contributed by atoms with E-state index in [-0.39, 0.29) is 24.3 Å². The van der Waals surface area contributed by atoms with Crippen LogP contribution < -0.4 is 16.0 Å². The molecule has 2 heterocycles. The van der Waals surface area contributed by atoms with Gasteiger partial charge in [-0.1, -0.05) is 12.1 Å². The van der Waals surface area contributed by atoms with Gasteiger partial charge in [0, 0.05) is 25.4 Å². The first kappa shape index (κ1) is 22.8. The number of nitrogens with zero attached hydrogens (tertiary/aromatic N) is 4. The SMILES string of the molecule is CSc1nc(N)nc(N(CC(=O)Nc2cccc(CF)c2)CC2CCOCC2)c1C#N. The van der Waals surface area contributed by atoms with Gasteiger partial charge in [0.05, 0.1) is 6.54 Å². The summed E-state index contributed by atoms with van der Waals surface area (Å²) in [6.45, 7) is 1.21. The lowest BCUT2D eigenvalue weighted by molar-refractivity contribution is -0.115. The molecule has 0 saturated carbocycles. The van der Waals surface area contributed by atoms with Crippen molar-refractivity contribution in [3.8, 4) is 6.07 Å². The highest BCUT2D eigenvalue weighted by Crippen LogP contribution is 2.29. The Hall–Kier alpha value is -2.90. The molecular formula is C21H25FN6O2S. The summed E-state index contributed by atoms with van der Waals surface area (Å²) >= 11 is 1.30. The molecule has 3 N–H and O–H groups in total. The van der Waals surface area contributed by atoms with Crippen LogP contribution in [0.25, 0.3) is 0 Å². The summed E-state index contributed by atoms with van der Waals surface area (Å²) in [5, 5.41) is 13.0. The molecule has 1 aromatic carbocycles. The number of nitrogens with two attached hydrogens (primary N) is 1. The Kier molecular flexibility index (Phi) is 8.03. The van der Waals surface area contributed by atoms with Crippen LogP contribution in [0.15, 0.2) is 29.3 Å². The van der Waals surface area contributed by atoms with Crippen molar-refractivity contribution in [1.82, 2.24) is 9.97 Å². The number of amides is 1. The molecule has 10 heteroatoms. The van der Waals surface area contributed by atoms with Crippen molar-refractivity contribution in [3.63, 3.8) is 0 Å². The van der Waals surface area contributed by atoms with E-state index in [1.807, 2.05) is 0 Å². The van der Waals surface area contributed by atoms with Crippen LogP contribution in [-0.2, 0) is 16.2 Å². The third-order valence-electron chi connectivity index (χ3n) is 5.00. The average Bonchev–Trinajstić information content (AvgIpc) is 2.78. The Morgan fingerprint density at radius 1 is 1.42 bits per heavy atom. The molecule has 2 aromatic rings. The van der Waals surface area contributed by atoms with Gasteiger partial charge in [0.25, 0.3) is 0 Å². The quantitative estimate of drug-likeness (QED) is 0.471. The number of halogens is 1. The zero-order chi connectivity index (χ0) is 22.2. The molecule has 1 aliphatic rings. The van der Waals surface area contributed by atoms with Crippen molar-refractivity contribution in [2.24, 2.45) is 5.92 Å². The van der Waals surface area contributed by atoms with E-state index in [9.17, 15) is 14.4 Å². The molecule has 1 fully saturated rings. The smallest absolute Gasteiger partial charge is 0.243 e. The molecule has 8 nitrogen and oxygen atoms in total. The Morgan fingerprint density at radius 2 is 2.19 bits per heavy atom. The van der Waals surface area contributed by atoms with E-state index >= 15 is 0 Å². The zero-order valence-corrected chi connectivity index (χ0v) is 18.1. The number of aromatic nitrogens is 2. The number of alkyl halides is 1. The molecule has 1 aliphatic heterocycles. The lowest BCUT2D eigenvalue weighted by Crippen LogP contribution is -2.39. The minimum absolute atomic E-state index is 0.0316. The number of carbonyl (C=O) groups excluding carboxylic acids is 1. The highest BCUT2D eigenvalue weighted by Gasteiger charge is 2.25. The van der Waals surface area contributed by atoms with Crippen LogP contribution in [0.1, 0.15) is 24.0 Å². The molecule has 0 radical (unpaired) electrons. The van der Waals surface area contributed by atoms with E-state index in [4.69, 9.17) is 10.5 Å². The number of nitrogens with one attached hydrogen (secondary N) is 1. The summed E-state index contributed by atoms with van der Waals surface area (Å²) in [4.78, 5) is 23.1. The molecule has 0 spiro atoms. The molecule has 1 aromatic heterocycles. The Balaban J connectivity index is 1.87. The topological polar surface area (TPSA) is 117 Å². The van der Waals surface area contributed by atoms with Crippen molar-refractivity contribution in [2.45, 2.75) is 24.5 Å². The monoisotopic (exact) mass is 444 g/mol. The third-order valence-corrected chi connectivity index (χ3v) is 5.68. The maximum atomic E-state index is 12.9. The van der Waals surface area contributed by atoms with Gasteiger partial charge in [0.2, 0.25) is 11.9 Å². The number of hydrogen-bond donors (Lipinski definition) is 2. The molecule has 3 rings (SSSR count). The standard InChI is InChI=1S/C21H25FN6O2S/c1-31-20-17(11-23)19(26-21(24)27-20)28(12-14-5-7-30-8-6-14)13-18(29)25-16-4-2-3-15(9-16)10-22/h2-4,9,14H,5-8,10,12-13H2,1H3,(H,25,29)(H2,24,26,27). The van der Waals surface area contributed by atoms with E-state index < -0.39 is 6.67 Å². The number of carbonyl (C=O) groups is 1. The number of benzene rings is 1. The van der Waals surface area contributed by atoms with Crippen LogP contribution in [0.3, 0.4) is 0 Å². The predicted octanol–water partition coefficient (Wildman–Crippen LogP) is 2.99. The van der Waals surface area contributed by atoms with Crippen molar-refractivity contribution in [2.75, 3.05) is 48.5 Å². The maximum absolute atomic E-state index is 12.9. The molecule has 0 bridgehead atoms. The molecule has 31 heavy (non-hydrogen) atoms. The van der Waals surface area contributed by atoms with Crippen LogP contribution in [-0.4, -0.2) is 48.4 Å². The summed E-state index contributed by atoms with van der Waals surface area (Å²) in [7, 11) is 0. The maximum Gasteiger partial charge on any atom is 0.243 e. The van der Waals surface area contributed by atoms with Crippen molar-refractivity contribution in [1.29, 1.82) is 5.26 Å². The highest BCUT2D eigenvalue weighted by atomic mass is 32.2. The number of nitrogen functional groups attached to an aromatic ring is 1. The van der Waals surface area contributed by atoms with Crippen LogP contribution in [0.5, 0.6) is 0 Å². The number of rotatable bonds is 8. The first-order chi connectivity index (χ1) is 15.0. The van der Waals surface area contributed by atoms with E-state index in [0.717, 1.165) is 12.8 Å². The van der Waals surface area contributed by atoms with Gasteiger partial charge in [-0.3, -0.25) is 4.79 Å². The van der Waals surface area contributed by atoms with Gasteiger partial charge in [-0.2, -0.15) is 10.2 Å². The average molecular weight is 445 g/mol. The largest absolute Gasteiger partial charge is 0.381 e. The second kappa shape index (κ2) is 10.9. The lowest BCUT2D eigenvalue weighted by Gasteiger charge is -2.31. The Morgan fingerprint density at radius 3 is 2.87 bits per heavy atom. The minimum atomic E-state index is -0.608. The van der Waals surface area contributed by atoms with Crippen LogP contribution in [0, 0.1) is 17.2 Å². The van der Waals surface area contributed by atoms with Crippen molar-refractivity contribution >= 4 is 35.1 Å². The fraction of sp³-hybridized carbons (Fsp3) is 0.429. The fourth-order valence-corrected chi connectivity index (χ4v) is 4.02. The van der Waals surface area contributed by atoms with E-state index in [1.54, 1.807) is 35.4 Å². The first-order valence-electron chi connectivity index (χ1n) is 9.93. The molecule has 0 unspecified atom stereocenters. The second-order valence-corrected chi connectivity index (χ2v) is 8.01. The Labute approximate surface area is 185 Å². The molecular weight excluding hydrogens is 419 g/mol. The molecule has 164 valence electrons. The van der Waals surface area contributed by atoms with Crippen molar-refractivity contribution in [3.05, 3.63) is 35.4 Å². The molecule has 0 atom stereocenters. The Bertz CT molecular complexity index is 961. The normalized spacial score (nSPS) is 14.1. The van der Waals surface area contributed by atoms with Gasteiger partial charge in [0.1, 0.15) is 23.3 Å². The summed E-state index contributed by atoms with van der Waals surface area (Å²) in [6, 6.07) is 8.79. The van der Waals surface area contributed by atoms with Crippen LogP contribution >= 0.6 is 11.8 Å². The highest BCUT2D eigenvalue weighted by molar-refractivity contribution is 7.98. The number of thioether (sulfide) groups is 1. The molecule has 1 amide bonds. The van der Waals surface area contributed by atoms with Gasteiger partial charge in [-0.25, -0.2) is 9.37 Å². The van der Waals surface area contributed by atoms with Crippen LogP contribution in [0.4, 0.5) is 21.8 Å². The van der Waals surface area contributed by atoms with Gasteiger partial charge in [0.15, 0.2) is 5.82 Å². The molecule has 0 aliphatic carbocycles. The van der Waals surface area contributed by atoms with Crippen molar-refractivity contribution < 1.29 is 13.9 Å². The van der Waals surface area contributed by atoms with Gasteiger partial charge >= 0.3 is 0 Å². The second-order valence-electron chi connectivity index (χ2n) is 7.22. The fourth-order valence-electron chi connectivity index (χ4n) is 3.49. The number of nitriles is 1. The first-order valence-corrected chi connectivity index (χ1v) is 11.2. The van der Waals surface area contributed by atoms with Gasteiger partial charge in [-0.05, 0) is 42.7 Å². The summed E-state index contributed by atoms with van der Waals surface area (Å²) in [5.74, 6) is 0.386. The minimum Gasteiger partial charge on any atom is -0.381 e.